The summed E-state index contributed by atoms with van der Waals surface area (Å²) in [4.78, 5) is 8.37. The molecule has 0 radical (unpaired) electrons. The van der Waals surface area contributed by atoms with E-state index in [1.165, 1.54) is 0 Å². The van der Waals surface area contributed by atoms with E-state index in [2.05, 4.69) is 9.97 Å². The van der Waals surface area contributed by atoms with E-state index in [0.29, 0.717) is 5.82 Å². The standard InChI is InChI=1S/C12H13N3/c1-8-5-11(12(13)15-6-8)10-4-3-9(2)14-7-10/h3-7H,1-2H3,(H2,13,15). The lowest BCUT2D eigenvalue weighted by Gasteiger charge is -2.05. The lowest BCUT2D eigenvalue weighted by Crippen LogP contribution is -1.95. The van der Waals surface area contributed by atoms with Crippen molar-refractivity contribution in [2.75, 3.05) is 5.73 Å². The molecule has 2 heterocycles. The Kier molecular flexibility index (Phi) is 2.37. The molecule has 0 unspecified atom stereocenters. The third kappa shape index (κ3) is 1.96. The zero-order valence-corrected chi connectivity index (χ0v) is 8.86. The maximum Gasteiger partial charge on any atom is 0.131 e. The van der Waals surface area contributed by atoms with Crippen LogP contribution in [0.15, 0.2) is 30.6 Å². The fraction of sp³-hybridized carbons (Fsp3) is 0.167. The molecule has 0 aliphatic rings. The highest BCUT2D eigenvalue weighted by Gasteiger charge is 2.03. The molecule has 2 N–H and O–H groups in total. The molecular formula is C12H13N3. The molecule has 0 saturated carbocycles. The van der Waals surface area contributed by atoms with Crippen LogP contribution < -0.4 is 5.73 Å². The van der Waals surface area contributed by atoms with Crippen molar-refractivity contribution in [1.82, 2.24) is 9.97 Å². The Balaban J connectivity index is 2.53. The minimum absolute atomic E-state index is 0.547. The Bertz CT molecular complexity index is 475. The predicted octanol–water partition coefficient (Wildman–Crippen LogP) is 2.34. The summed E-state index contributed by atoms with van der Waals surface area (Å²) in [6, 6.07) is 6.00. The van der Waals surface area contributed by atoms with Crippen molar-refractivity contribution in [3.8, 4) is 11.1 Å². The van der Waals surface area contributed by atoms with E-state index < -0.39 is 0 Å². The minimum atomic E-state index is 0.547. The van der Waals surface area contributed by atoms with Gasteiger partial charge in [-0.3, -0.25) is 4.98 Å². The maximum atomic E-state index is 5.82. The molecule has 3 heteroatoms. The van der Waals surface area contributed by atoms with Crippen LogP contribution in [0.25, 0.3) is 11.1 Å². The Labute approximate surface area is 89.0 Å². The van der Waals surface area contributed by atoms with Gasteiger partial charge in [0, 0.05) is 29.2 Å². The van der Waals surface area contributed by atoms with Crippen molar-refractivity contribution in [2.45, 2.75) is 13.8 Å². The molecule has 2 aromatic heterocycles. The van der Waals surface area contributed by atoms with Crippen LogP contribution in [0.5, 0.6) is 0 Å². The summed E-state index contributed by atoms with van der Waals surface area (Å²) in [5.74, 6) is 0.547. The zero-order valence-electron chi connectivity index (χ0n) is 8.86. The van der Waals surface area contributed by atoms with Crippen molar-refractivity contribution < 1.29 is 0 Å². The fourth-order valence-corrected chi connectivity index (χ4v) is 1.44. The topological polar surface area (TPSA) is 51.8 Å². The highest BCUT2D eigenvalue weighted by molar-refractivity contribution is 5.73. The molecule has 0 fully saturated rings. The summed E-state index contributed by atoms with van der Waals surface area (Å²) < 4.78 is 0. The molecule has 0 saturated heterocycles. The van der Waals surface area contributed by atoms with Gasteiger partial charge >= 0.3 is 0 Å². The molecular weight excluding hydrogens is 186 g/mol. The van der Waals surface area contributed by atoms with Crippen LogP contribution in [-0.2, 0) is 0 Å². The van der Waals surface area contributed by atoms with Gasteiger partial charge in [-0.2, -0.15) is 0 Å². The normalized spacial score (nSPS) is 10.3. The summed E-state index contributed by atoms with van der Waals surface area (Å²) in [6.45, 7) is 3.96. The largest absolute Gasteiger partial charge is 0.383 e. The van der Waals surface area contributed by atoms with Crippen LogP contribution in [-0.4, -0.2) is 9.97 Å². The monoisotopic (exact) mass is 199 g/mol. The number of pyridine rings is 2. The van der Waals surface area contributed by atoms with E-state index in [-0.39, 0.29) is 0 Å². The molecule has 2 rings (SSSR count). The molecule has 0 aliphatic heterocycles. The molecule has 0 spiro atoms. The van der Waals surface area contributed by atoms with Gasteiger partial charge in [-0.1, -0.05) is 6.07 Å². The first-order valence-electron chi connectivity index (χ1n) is 4.82. The summed E-state index contributed by atoms with van der Waals surface area (Å²) in [7, 11) is 0. The van der Waals surface area contributed by atoms with Crippen molar-refractivity contribution in [1.29, 1.82) is 0 Å². The first-order chi connectivity index (χ1) is 7.16. The van der Waals surface area contributed by atoms with Crippen LogP contribution in [0.4, 0.5) is 5.82 Å². The molecule has 0 aliphatic carbocycles. The second-order valence-electron chi connectivity index (χ2n) is 3.63. The predicted molar refractivity (Wildman–Crippen MR) is 61.4 cm³/mol. The molecule has 15 heavy (non-hydrogen) atoms. The SMILES string of the molecule is Cc1cnc(N)c(-c2ccc(C)nc2)c1. The number of nitrogens with two attached hydrogens (primary N) is 1. The number of nitrogen functional groups attached to an aromatic ring is 1. The van der Waals surface area contributed by atoms with Crippen LogP contribution in [0.3, 0.4) is 0 Å². The Morgan fingerprint density at radius 3 is 2.53 bits per heavy atom. The highest BCUT2D eigenvalue weighted by Crippen LogP contribution is 2.24. The minimum Gasteiger partial charge on any atom is -0.383 e. The summed E-state index contributed by atoms with van der Waals surface area (Å²) in [6.07, 6.45) is 3.59. The molecule has 0 aromatic carbocycles. The molecule has 2 aromatic rings. The van der Waals surface area contributed by atoms with Gasteiger partial charge in [-0.05, 0) is 31.5 Å². The number of hydrogen-bond donors (Lipinski definition) is 1. The van der Waals surface area contributed by atoms with Crippen molar-refractivity contribution in [2.24, 2.45) is 0 Å². The van der Waals surface area contributed by atoms with Crippen molar-refractivity contribution in [3.63, 3.8) is 0 Å². The Morgan fingerprint density at radius 1 is 1.07 bits per heavy atom. The molecule has 0 bridgehead atoms. The van der Waals surface area contributed by atoms with Gasteiger partial charge in [0.25, 0.3) is 0 Å². The number of hydrogen-bond acceptors (Lipinski definition) is 3. The summed E-state index contributed by atoms with van der Waals surface area (Å²) in [5, 5.41) is 0. The number of aryl methyl sites for hydroxylation is 2. The van der Waals surface area contributed by atoms with Gasteiger partial charge in [0.1, 0.15) is 5.82 Å². The van der Waals surface area contributed by atoms with Crippen LogP contribution in [0.1, 0.15) is 11.3 Å². The second-order valence-corrected chi connectivity index (χ2v) is 3.63. The summed E-state index contributed by atoms with van der Waals surface area (Å²) in [5.41, 5.74) is 9.87. The van der Waals surface area contributed by atoms with Gasteiger partial charge in [0.15, 0.2) is 0 Å². The average molecular weight is 199 g/mol. The van der Waals surface area contributed by atoms with Crippen molar-refractivity contribution in [3.05, 3.63) is 41.9 Å². The number of nitrogens with zero attached hydrogens (tertiary/aromatic N) is 2. The zero-order chi connectivity index (χ0) is 10.8. The van der Waals surface area contributed by atoms with Crippen LogP contribution >= 0.6 is 0 Å². The number of anilines is 1. The second kappa shape index (κ2) is 3.69. The molecule has 76 valence electrons. The van der Waals surface area contributed by atoms with Gasteiger partial charge in [0.05, 0.1) is 0 Å². The van der Waals surface area contributed by atoms with E-state index >= 15 is 0 Å². The smallest absolute Gasteiger partial charge is 0.131 e. The fourth-order valence-electron chi connectivity index (χ4n) is 1.44. The third-order valence-corrected chi connectivity index (χ3v) is 2.28. The van der Waals surface area contributed by atoms with Gasteiger partial charge in [-0.15, -0.1) is 0 Å². The average Bonchev–Trinajstić information content (AvgIpc) is 2.23. The third-order valence-electron chi connectivity index (χ3n) is 2.28. The van der Waals surface area contributed by atoms with Crippen LogP contribution in [0, 0.1) is 13.8 Å². The number of rotatable bonds is 1. The van der Waals surface area contributed by atoms with E-state index in [1.54, 1.807) is 6.20 Å². The Morgan fingerprint density at radius 2 is 1.87 bits per heavy atom. The van der Waals surface area contributed by atoms with Crippen molar-refractivity contribution >= 4 is 5.82 Å². The highest BCUT2D eigenvalue weighted by atomic mass is 14.8. The van der Waals surface area contributed by atoms with Crippen LogP contribution in [0.2, 0.25) is 0 Å². The first kappa shape index (κ1) is 9.65. The lowest BCUT2D eigenvalue weighted by atomic mass is 10.1. The van der Waals surface area contributed by atoms with Gasteiger partial charge in [-0.25, -0.2) is 4.98 Å². The molecule has 0 atom stereocenters. The van der Waals surface area contributed by atoms with Gasteiger partial charge in [0.2, 0.25) is 0 Å². The van der Waals surface area contributed by atoms with Gasteiger partial charge < -0.3 is 5.73 Å². The Hall–Kier alpha value is -1.90. The van der Waals surface area contributed by atoms with E-state index in [1.807, 2.05) is 38.2 Å². The summed E-state index contributed by atoms with van der Waals surface area (Å²) >= 11 is 0. The first-order valence-corrected chi connectivity index (χ1v) is 4.82. The molecule has 0 amide bonds. The van der Waals surface area contributed by atoms with E-state index in [0.717, 1.165) is 22.4 Å². The molecule has 3 nitrogen and oxygen atoms in total. The van der Waals surface area contributed by atoms with E-state index in [4.69, 9.17) is 5.73 Å². The number of aromatic nitrogens is 2. The lowest BCUT2D eigenvalue weighted by molar-refractivity contribution is 1.20. The maximum absolute atomic E-state index is 5.82. The quantitative estimate of drug-likeness (QED) is 0.767. The van der Waals surface area contributed by atoms with E-state index in [9.17, 15) is 0 Å².